The van der Waals surface area contributed by atoms with Crippen LogP contribution < -0.4 is 5.32 Å². The SMILES string of the molecule is CC(NCc1ccc(CO)o1)c1ccccc1Cl. The van der Waals surface area contributed by atoms with Gasteiger partial charge in [0.1, 0.15) is 18.1 Å². The van der Waals surface area contributed by atoms with Crippen LogP contribution in [0.5, 0.6) is 0 Å². The predicted octanol–water partition coefficient (Wildman–Crippen LogP) is 3.28. The lowest BCUT2D eigenvalue weighted by Crippen LogP contribution is -2.18. The Morgan fingerprint density at radius 3 is 2.61 bits per heavy atom. The van der Waals surface area contributed by atoms with Crippen molar-refractivity contribution in [2.24, 2.45) is 0 Å². The third-order valence-electron chi connectivity index (χ3n) is 2.83. The van der Waals surface area contributed by atoms with Crippen LogP contribution in [-0.4, -0.2) is 5.11 Å². The first-order valence-electron chi connectivity index (χ1n) is 5.87. The maximum atomic E-state index is 8.91. The smallest absolute Gasteiger partial charge is 0.129 e. The zero-order chi connectivity index (χ0) is 13.0. The van der Waals surface area contributed by atoms with Crippen LogP contribution in [-0.2, 0) is 13.2 Å². The molecule has 1 atom stereocenters. The van der Waals surface area contributed by atoms with E-state index in [1.807, 2.05) is 30.3 Å². The second kappa shape index (κ2) is 6.05. The van der Waals surface area contributed by atoms with Crippen molar-refractivity contribution in [3.63, 3.8) is 0 Å². The van der Waals surface area contributed by atoms with Gasteiger partial charge in [-0.25, -0.2) is 0 Å². The zero-order valence-corrected chi connectivity index (χ0v) is 10.9. The van der Waals surface area contributed by atoms with Crippen molar-refractivity contribution in [3.8, 4) is 0 Å². The first-order valence-corrected chi connectivity index (χ1v) is 6.24. The molecule has 4 heteroatoms. The van der Waals surface area contributed by atoms with Crippen molar-refractivity contribution in [3.05, 3.63) is 58.5 Å². The summed E-state index contributed by atoms with van der Waals surface area (Å²) < 4.78 is 5.40. The molecule has 0 aliphatic carbocycles. The molecule has 2 aromatic rings. The van der Waals surface area contributed by atoms with Crippen molar-refractivity contribution in [1.82, 2.24) is 5.32 Å². The van der Waals surface area contributed by atoms with E-state index < -0.39 is 0 Å². The molecule has 0 fully saturated rings. The standard InChI is InChI=1S/C14H16ClNO2/c1-10(13-4-2-3-5-14(13)15)16-8-11-6-7-12(9-17)18-11/h2-7,10,16-17H,8-9H2,1H3. The fourth-order valence-corrected chi connectivity index (χ4v) is 2.09. The highest BCUT2D eigenvalue weighted by atomic mass is 35.5. The number of rotatable bonds is 5. The van der Waals surface area contributed by atoms with Crippen LogP contribution in [0.4, 0.5) is 0 Å². The topological polar surface area (TPSA) is 45.4 Å². The molecule has 0 aliphatic rings. The summed E-state index contributed by atoms with van der Waals surface area (Å²) in [4.78, 5) is 0. The Hall–Kier alpha value is -1.29. The number of aliphatic hydroxyl groups excluding tert-OH is 1. The summed E-state index contributed by atoms with van der Waals surface area (Å²) in [6.07, 6.45) is 0. The summed E-state index contributed by atoms with van der Waals surface area (Å²) >= 11 is 6.13. The van der Waals surface area contributed by atoms with Crippen LogP contribution in [0.2, 0.25) is 5.02 Å². The molecule has 1 unspecified atom stereocenters. The Bertz CT molecular complexity index is 510. The molecule has 0 aliphatic heterocycles. The Morgan fingerprint density at radius 2 is 1.94 bits per heavy atom. The van der Waals surface area contributed by atoms with E-state index in [9.17, 15) is 0 Å². The maximum absolute atomic E-state index is 8.91. The normalized spacial score (nSPS) is 12.6. The largest absolute Gasteiger partial charge is 0.462 e. The second-order valence-corrected chi connectivity index (χ2v) is 4.56. The summed E-state index contributed by atoms with van der Waals surface area (Å²) in [7, 11) is 0. The Balaban J connectivity index is 1.96. The van der Waals surface area contributed by atoms with Crippen LogP contribution in [0.3, 0.4) is 0 Å². The summed E-state index contributed by atoms with van der Waals surface area (Å²) in [5.41, 5.74) is 1.06. The Kier molecular flexibility index (Phi) is 4.42. The van der Waals surface area contributed by atoms with Crippen molar-refractivity contribution in [2.45, 2.75) is 26.1 Å². The van der Waals surface area contributed by atoms with Crippen LogP contribution in [0.25, 0.3) is 0 Å². The van der Waals surface area contributed by atoms with Gasteiger partial charge in [0.2, 0.25) is 0 Å². The number of benzene rings is 1. The Labute approximate surface area is 111 Å². The van der Waals surface area contributed by atoms with Crippen molar-refractivity contribution in [2.75, 3.05) is 0 Å². The molecule has 18 heavy (non-hydrogen) atoms. The van der Waals surface area contributed by atoms with E-state index in [-0.39, 0.29) is 12.6 Å². The predicted molar refractivity (Wildman–Crippen MR) is 71.3 cm³/mol. The molecule has 96 valence electrons. The summed E-state index contributed by atoms with van der Waals surface area (Å²) in [6.45, 7) is 2.59. The molecule has 1 aromatic carbocycles. The fourth-order valence-electron chi connectivity index (χ4n) is 1.79. The first kappa shape index (κ1) is 13.1. The van der Waals surface area contributed by atoms with Crippen LogP contribution >= 0.6 is 11.6 Å². The van der Waals surface area contributed by atoms with E-state index in [0.29, 0.717) is 12.3 Å². The average Bonchev–Trinajstić information content (AvgIpc) is 2.84. The molecule has 1 heterocycles. The summed E-state index contributed by atoms with van der Waals surface area (Å²) in [5, 5.41) is 13.0. The van der Waals surface area contributed by atoms with Crippen molar-refractivity contribution < 1.29 is 9.52 Å². The molecule has 2 N–H and O–H groups in total. The van der Waals surface area contributed by atoms with Gasteiger partial charge in [-0.15, -0.1) is 0 Å². The van der Waals surface area contributed by atoms with E-state index in [0.717, 1.165) is 16.3 Å². The molecule has 0 radical (unpaired) electrons. The molecular formula is C14H16ClNO2. The first-order chi connectivity index (χ1) is 8.70. The van der Waals surface area contributed by atoms with Gasteiger partial charge < -0.3 is 14.8 Å². The fraction of sp³-hybridized carbons (Fsp3) is 0.286. The molecule has 1 aromatic heterocycles. The van der Waals surface area contributed by atoms with Gasteiger partial charge in [0, 0.05) is 11.1 Å². The third kappa shape index (κ3) is 3.13. The molecule has 0 saturated heterocycles. The van der Waals surface area contributed by atoms with Gasteiger partial charge >= 0.3 is 0 Å². The molecule has 0 bridgehead atoms. The number of hydrogen-bond acceptors (Lipinski definition) is 3. The van der Waals surface area contributed by atoms with E-state index in [1.165, 1.54) is 0 Å². The molecule has 2 rings (SSSR count). The number of aliphatic hydroxyl groups is 1. The van der Waals surface area contributed by atoms with Gasteiger partial charge in [-0.3, -0.25) is 0 Å². The molecule has 0 saturated carbocycles. The van der Waals surface area contributed by atoms with Crippen LogP contribution in [0, 0.1) is 0 Å². The van der Waals surface area contributed by atoms with Gasteiger partial charge in [0.15, 0.2) is 0 Å². The van der Waals surface area contributed by atoms with E-state index in [4.69, 9.17) is 21.1 Å². The molecular weight excluding hydrogens is 250 g/mol. The van der Waals surface area contributed by atoms with Crippen LogP contribution in [0.1, 0.15) is 30.0 Å². The number of furan rings is 1. The van der Waals surface area contributed by atoms with Crippen molar-refractivity contribution >= 4 is 11.6 Å². The van der Waals surface area contributed by atoms with Gasteiger partial charge in [-0.05, 0) is 30.7 Å². The van der Waals surface area contributed by atoms with Crippen LogP contribution in [0.15, 0.2) is 40.8 Å². The highest BCUT2D eigenvalue weighted by Gasteiger charge is 2.09. The van der Waals surface area contributed by atoms with E-state index in [1.54, 1.807) is 6.07 Å². The minimum atomic E-state index is -0.0694. The number of hydrogen-bond donors (Lipinski definition) is 2. The molecule has 0 amide bonds. The highest BCUT2D eigenvalue weighted by molar-refractivity contribution is 6.31. The Morgan fingerprint density at radius 1 is 1.22 bits per heavy atom. The minimum Gasteiger partial charge on any atom is -0.462 e. The van der Waals surface area contributed by atoms with Gasteiger partial charge in [0.25, 0.3) is 0 Å². The van der Waals surface area contributed by atoms with E-state index >= 15 is 0 Å². The minimum absolute atomic E-state index is 0.0694. The lowest BCUT2D eigenvalue weighted by atomic mass is 10.1. The summed E-state index contributed by atoms with van der Waals surface area (Å²) in [5.74, 6) is 1.38. The lowest BCUT2D eigenvalue weighted by molar-refractivity contribution is 0.242. The maximum Gasteiger partial charge on any atom is 0.129 e. The second-order valence-electron chi connectivity index (χ2n) is 4.15. The zero-order valence-electron chi connectivity index (χ0n) is 10.2. The van der Waals surface area contributed by atoms with Crippen molar-refractivity contribution in [1.29, 1.82) is 0 Å². The van der Waals surface area contributed by atoms with Gasteiger partial charge in [0.05, 0.1) is 6.54 Å². The quantitative estimate of drug-likeness (QED) is 0.872. The lowest BCUT2D eigenvalue weighted by Gasteiger charge is -2.14. The van der Waals surface area contributed by atoms with E-state index in [2.05, 4.69) is 12.2 Å². The molecule has 0 spiro atoms. The summed E-state index contributed by atoms with van der Waals surface area (Å²) in [6, 6.07) is 11.5. The highest BCUT2D eigenvalue weighted by Crippen LogP contribution is 2.22. The van der Waals surface area contributed by atoms with Gasteiger partial charge in [-0.2, -0.15) is 0 Å². The average molecular weight is 266 g/mol. The number of nitrogens with one attached hydrogen (secondary N) is 1. The monoisotopic (exact) mass is 265 g/mol. The third-order valence-corrected chi connectivity index (χ3v) is 3.17. The number of halogens is 1. The van der Waals surface area contributed by atoms with Gasteiger partial charge in [-0.1, -0.05) is 29.8 Å². The molecule has 3 nitrogen and oxygen atoms in total.